The molecular weight excluding hydrogens is 346 g/mol. The molecule has 2 fully saturated rings. The average molecular weight is 372 g/mol. The van der Waals surface area contributed by atoms with E-state index in [0.717, 1.165) is 36.8 Å². The van der Waals surface area contributed by atoms with Crippen molar-refractivity contribution in [1.29, 1.82) is 0 Å². The van der Waals surface area contributed by atoms with Crippen LogP contribution >= 0.6 is 11.3 Å². The molecule has 6 heteroatoms. The highest BCUT2D eigenvalue weighted by molar-refractivity contribution is 7.17. The lowest BCUT2D eigenvalue weighted by Crippen LogP contribution is -2.62. The van der Waals surface area contributed by atoms with Crippen LogP contribution in [0.25, 0.3) is 0 Å². The maximum atomic E-state index is 12.9. The molecule has 1 saturated carbocycles. The van der Waals surface area contributed by atoms with Gasteiger partial charge in [0.05, 0.1) is 11.8 Å². The third-order valence-corrected chi connectivity index (χ3v) is 6.58. The van der Waals surface area contributed by atoms with E-state index in [-0.39, 0.29) is 18.1 Å². The van der Waals surface area contributed by atoms with Crippen LogP contribution in [0.2, 0.25) is 0 Å². The molecule has 1 aliphatic carbocycles. The Bertz CT molecular complexity index is 777. The summed E-state index contributed by atoms with van der Waals surface area (Å²) in [5.74, 6) is 0.780. The Kier molecular flexibility index (Phi) is 4.96. The van der Waals surface area contributed by atoms with E-state index in [1.54, 1.807) is 0 Å². The molecular formula is C20H25N3O2S. The summed E-state index contributed by atoms with van der Waals surface area (Å²) in [7, 11) is 0. The molecule has 2 N–H and O–H groups in total. The molecule has 2 heterocycles. The van der Waals surface area contributed by atoms with Crippen LogP contribution in [0.1, 0.15) is 34.3 Å². The Morgan fingerprint density at radius 1 is 1.35 bits per heavy atom. The highest BCUT2D eigenvalue weighted by Gasteiger charge is 2.54. The number of nitrogens with zero attached hydrogens (tertiary/aromatic N) is 1. The van der Waals surface area contributed by atoms with Crippen LogP contribution in [-0.4, -0.2) is 36.2 Å². The van der Waals surface area contributed by atoms with E-state index in [1.807, 2.05) is 19.9 Å². The van der Waals surface area contributed by atoms with Crippen molar-refractivity contribution >= 4 is 22.4 Å². The summed E-state index contributed by atoms with van der Waals surface area (Å²) < 4.78 is 5.94. The third-order valence-electron chi connectivity index (χ3n) is 5.47. The van der Waals surface area contributed by atoms with Crippen LogP contribution in [0.15, 0.2) is 30.3 Å². The predicted molar refractivity (Wildman–Crippen MR) is 104 cm³/mol. The Hall–Kier alpha value is -1.92. The quantitative estimate of drug-likeness (QED) is 0.818. The number of nitrogens with one attached hydrogen (secondary N) is 2. The van der Waals surface area contributed by atoms with E-state index in [2.05, 4.69) is 39.9 Å². The van der Waals surface area contributed by atoms with E-state index in [1.165, 1.54) is 16.9 Å². The zero-order valence-electron chi connectivity index (χ0n) is 15.2. The molecule has 5 nitrogen and oxygen atoms in total. The van der Waals surface area contributed by atoms with Gasteiger partial charge in [0, 0.05) is 31.0 Å². The maximum Gasteiger partial charge on any atom is 0.263 e. The minimum atomic E-state index is -0.00225. The number of aromatic nitrogens is 1. The first kappa shape index (κ1) is 17.5. The van der Waals surface area contributed by atoms with Crippen molar-refractivity contribution in [2.24, 2.45) is 11.8 Å². The highest BCUT2D eigenvalue weighted by Crippen LogP contribution is 2.45. The predicted octanol–water partition coefficient (Wildman–Crippen LogP) is 3.26. The molecule has 4 atom stereocenters. The summed E-state index contributed by atoms with van der Waals surface area (Å²) in [6.45, 7) is 5.53. The summed E-state index contributed by atoms with van der Waals surface area (Å²) in [6.07, 6.45) is 2.25. The SMILES string of the molecule is CCNc1nc(C)c(C(=O)N[C@@H]2[C@@H](Cc3ccccc3)[C@H]3OCC[C@@H]23)s1. The second-order valence-electron chi connectivity index (χ2n) is 7.10. The van der Waals surface area contributed by atoms with E-state index >= 15 is 0 Å². The molecule has 138 valence electrons. The number of thiazole rings is 1. The molecule has 0 bridgehead atoms. The minimum Gasteiger partial charge on any atom is -0.377 e. The topological polar surface area (TPSA) is 63.2 Å². The largest absolute Gasteiger partial charge is 0.377 e. The third kappa shape index (κ3) is 3.23. The molecule has 1 aromatic heterocycles. The molecule has 4 rings (SSSR count). The summed E-state index contributed by atoms with van der Waals surface area (Å²) >= 11 is 1.43. The van der Waals surface area contributed by atoms with Crippen molar-refractivity contribution < 1.29 is 9.53 Å². The molecule has 2 aliphatic rings. The Morgan fingerprint density at radius 2 is 2.15 bits per heavy atom. The van der Waals surface area contributed by atoms with Crippen LogP contribution in [-0.2, 0) is 11.2 Å². The average Bonchev–Trinajstić information content (AvgIpc) is 3.23. The van der Waals surface area contributed by atoms with E-state index in [9.17, 15) is 4.79 Å². The number of hydrogen-bond acceptors (Lipinski definition) is 5. The van der Waals surface area contributed by atoms with Crippen molar-refractivity contribution in [2.75, 3.05) is 18.5 Å². The number of carbonyl (C=O) groups is 1. The van der Waals surface area contributed by atoms with Gasteiger partial charge in [-0.1, -0.05) is 41.7 Å². The number of carbonyl (C=O) groups excluding carboxylic acids is 1. The molecule has 0 radical (unpaired) electrons. The van der Waals surface area contributed by atoms with Gasteiger partial charge in [-0.15, -0.1) is 0 Å². The van der Waals surface area contributed by atoms with Crippen molar-refractivity contribution in [3.05, 3.63) is 46.5 Å². The number of hydrogen-bond donors (Lipinski definition) is 2. The lowest BCUT2D eigenvalue weighted by molar-refractivity contribution is -0.0527. The summed E-state index contributed by atoms with van der Waals surface area (Å²) in [6, 6.07) is 10.6. The Morgan fingerprint density at radius 3 is 2.92 bits per heavy atom. The first-order valence-corrected chi connectivity index (χ1v) is 10.2. The van der Waals surface area contributed by atoms with Crippen molar-refractivity contribution in [1.82, 2.24) is 10.3 Å². The molecule has 1 saturated heterocycles. The van der Waals surface area contributed by atoms with Gasteiger partial charge in [0.15, 0.2) is 5.13 Å². The standard InChI is InChI=1S/C20H25N3O2S/c1-3-21-20-22-12(2)18(26-20)19(24)23-16-14-9-10-25-17(14)15(16)11-13-7-5-4-6-8-13/h4-8,14-17H,3,9-11H2,1-2H3,(H,21,22)(H,23,24)/t14-,15+,16-,17-/m0/s1. The second-order valence-corrected chi connectivity index (χ2v) is 8.10. The maximum absolute atomic E-state index is 12.9. The van der Waals surface area contributed by atoms with Crippen LogP contribution in [0, 0.1) is 18.8 Å². The number of aryl methyl sites for hydroxylation is 1. The van der Waals surface area contributed by atoms with Crippen molar-refractivity contribution in [3.8, 4) is 0 Å². The number of fused-ring (bicyclic) bond motifs is 1. The fourth-order valence-corrected chi connectivity index (χ4v) is 5.16. The molecule has 26 heavy (non-hydrogen) atoms. The first-order valence-electron chi connectivity index (χ1n) is 9.35. The fourth-order valence-electron chi connectivity index (χ4n) is 4.22. The van der Waals surface area contributed by atoms with Gasteiger partial charge in [-0.3, -0.25) is 4.79 Å². The molecule has 2 aromatic rings. The van der Waals surface area contributed by atoms with Crippen LogP contribution in [0.3, 0.4) is 0 Å². The zero-order chi connectivity index (χ0) is 18.1. The summed E-state index contributed by atoms with van der Waals surface area (Å²) in [5.41, 5.74) is 2.09. The first-order chi connectivity index (χ1) is 12.7. The van der Waals surface area contributed by atoms with Crippen molar-refractivity contribution in [2.45, 2.75) is 38.8 Å². The number of amides is 1. The molecule has 0 spiro atoms. The Labute approximate surface area is 158 Å². The van der Waals surface area contributed by atoms with Gasteiger partial charge >= 0.3 is 0 Å². The minimum absolute atomic E-state index is 0.00225. The van der Waals surface area contributed by atoms with Gasteiger partial charge in [0.1, 0.15) is 4.88 Å². The van der Waals surface area contributed by atoms with Crippen LogP contribution in [0.5, 0.6) is 0 Å². The van der Waals surface area contributed by atoms with Gasteiger partial charge in [0.2, 0.25) is 0 Å². The van der Waals surface area contributed by atoms with Gasteiger partial charge in [-0.25, -0.2) is 4.98 Å². The molecule has 1 aliphatic heterocycles. The monoisotopic (exact) mass is 371 g/mol. The number of benzene rings is 1. The van der Waals surface area contributed by atoms with E-state index in [0.29, 0.717) is 16.7 Å². The molecule has 1 amide bonds. The normalized spacial score (nSPS) is 26.8. The summed E-state index contributed by atoms with van der Waals surface area (Å²) in [5, 5.41) is 7.30. The molecule has 1 aromatic carbocycles. The molecule has 0 unspecified atom stereocenters. The summed E-state index contributed by atoms with van der Waals surface area (Å²) in [4.78, 5) is 18.0. The van der Waals surface area contributed by atoms with Gasteiger partial charge in [-0.05, 0) is 32.3 Å². The van der Waals surface area contributed by atoms with Gasteiger partial charge in [0.25, 0.3) is 5.91 Å². The lowest BCUT2D eigenvalue weighted by Gasteiger charge is -2.48. The second kappa shape index (κ2) is 7.37. The number of ether oxygens (including phenoxy) is 1. The number of anilines is 1. The van der Waals surface area contributed by atoms with E-state index in [4.69, 9.17) is 4.74 Å². The van der Waals surface area contributed by atoms with Gasteiger partial charge < -0.3 is 15.4 Å². The van der Waals surface area contributed by atoms with Gasteiger partial charge in [-0.2, -0.15) is 0 Å². The van der Waals surface area contributed by atoms with Crippen molar-refractivity contribution in [3.63, 3.8) is 0 Å². The Balaban J connectivity index is 1.47. The van der Waals surface area contributed by atoms with E-state index < -0.39 is 0 Å². The highest BCUT2D eigenvalue weighted by atomic mass is 32.1. The lowest BCUT2D eigenvalue weighted by atomic mass is 9.64. The van der Waals surface area contributed by atoms with Crippen LogP contribution in [0.4, 0.5) is 5.13 Å². The smallest absolute Gasteiger partial charge is 0.263 e. The van der Waals surface area contributed by atoms with Crippen LogP contribution < -0.4 is 10.6 Å². The zero-order valence-corrected chi connectivity index (χ0v) is 16.0. The fraction of sp³-hybridized carbons (Fsp3) is 0.500. The number of rotatable bonds is 6.